The van der Waals surface area contributed by atoms with Crippen LogP contribution in [0.3, 0.4) is 0 Å². The molecule has 5 nitrogen and oxygen atoms in total. The zero-order valence-corrected chi connectivity index (χ0v) is 17.8. The predicted octanol–water partition coefficient (Wildman–Crippen LogP) is 5.36. The standard InChI is InChI=1S/C24H21NO4S/c1-4-16-11-21-18(14(2)10-22(27)29-21)12-20(16)28-13-19(26)23-15(3)25-24(30-23)17-8-6-5-7-9-17/h5-12H,4,13H2,1-3H3. The van der Waals surface area contributed by atoms with Crippen molar-refractivity contribution in [1.82, 2.24) is 4.98 Å². The summed E-state index contributed by atoms with van der Waals surface area (Å²) in [6.07, 6.45) is 0.689. The molecule has 0 unspecified atom stereocenters. The van der Waals surface area contributed by atoms with E-state index in [2.05, 4.69) is 4.98 Å². The summed E-state index contributed by atoms with van der Waals surface area (Å²) in [5, 5.41) is 1.62. The van der Waals surface area contributed by atoms with E-state index in [-0.39, 0.29) is 18.0 Å². The molecule has 2 heterocycles. The monoisotopic (exact) mass is 419 g/mol. The third-order valence-electron chi connectivity index (χ3n) is 4.94. The average molecular weight is 420 g/mol. The van der Waals surface area contributed by atoms with Crippen molar-refractivity contribution >= 4 is 28.1 Å². The van der Waals surface area contributed by atoms with E-state index in [9.17, 15) is 9.59 Å². The van der Waals surface area contributed by atoms with Gasteiger partial charge in [-0.3, -0.25) is 4.79 Å². The number of fused-ring (bicyclic) bond motifs is 1. The minimum atomic E-state index is -0.374. The number of rotatable bonds is 6. The van der Waals surface area contributed by atoms with Gasteiger partial charge in [-0.25, -0.2) is 9.78 Å². The molecule has 4 aromatic rings. The SMILES string of the molecule is CCc1cc2oc(=O)cc(C)c2cc1OCC(=O)c1sc(-c2ccccc2)nc1C. The lowest BCUT2D eigenvalue weighted by molar-refractivity contribution is 0.0924. The maximum Gasteiger partial charge on any atom is 0.336 e. The smallest absolute Gasteiger partial charge is 0.336 e. The molecule has 0 aliphatic rings. The molecular weight excluding hydrogens is 398 g/mol. The van der Waals surface area contributed by atoms with Crippen LogP contribution < -0.4 is 10.4 Å². The Morgan fingerprint density at radius 1 is 1.13 bits per heavy atom. The Balaban J connectivity index is 1.59. The van der Waals surface area contributed by atoms with Crippen LogP contribution in [0.1, 0.15) is 33.4 Å². The average Bonchev–Trinajstić information content (AvgIpc) is 3.14. The zero-order chi connectivity index (χ0) is 21.3. The molecule has 0 aliphatic heterocycles. The number of Topliss-reactive ketones (excluding diaryl/α,β-unsaturated/α-hetero) is 1. The molecule has 0 atom stereocenters. The van der Waals surface area contributed by atoms with Gasteiger partial charge >= 0.3 is 5.63 Å². The first-order valence-corrected chi connectivity index (χ1v) is 10.5. The number of hydrogen-bond donors (Lipinski definition) is 0. The van der Waals surface area contributed by atoms with Crippen LogP contribution in [0.25, 0.3) is 21.5 Å². The highest BCUT2D eigenvalue weighted by Gasteiger charge is 2.18. The fraction of sp³-hybridized carbons (Fsp3) is 0.208. The van der Waals surface area contributed by atoms with Gasteiger partial charge in [0.15, 0.2) is 6.61 Å². The highest BCUT2D eigenvalue weighted by atomic mass is 32.1. The predicted molar refractivity (Wildman–Crippen MR) is 119 cm³/mol. The van der Waals surface area contributed by atoms with Gasteiger partial charge in [0, 0.05) is 17.0 Å². The van der Waals surface area contributed by atoms with E-state index in [4.69, 9.17) is 9.15 Å². The van der Waals surface area contributed by atoms with Gasteiger partial charge in [0.1, 0.15) is 16.3 Å². The van der Waals surface area contributed by atoms with Crippen LogP contribution in [-0.4, -0.2) is 17.4 Å². The maximum atomic E-state index is 12.8. The summed E-state index contributed by atoms with van der Waals surface area (Å²) >= 11 is 1.38. The first-order chi connectivity index (χ1) is 14.5. The van der Waals surface area contributed by atoms with E-state index in [0.29, 0.717) is 28.3 Å². The van der Waals surface area contributed by atoms with Crippen molar-refractivity contribution in [2.75, 3.05) is 6.61 Å². The second-order valence-corrected chi connectivity index (χ2v) is 8.07. The molecule has 0 spiro atoms. The van der Waals surface area contributed by atoms with Crippen molar-refractivity contribution in [3.05, 3.63) is 80.6 Å². The van der Waals surface area contributed by atoms with E-state index in [1.54, 1.807) is 0 Å². The maximum absolute atomic E-state index is 12.8. The van der Waals surface area contributed by atoms with Crippen molar-refractivity contribution in [2.24, 2.45) is 0 Å². The minimum absolute atomic E-state index is 0.0778. The van der Waals surface area contributed by atoms with Gasteiger partial charge in [-0.2, -0.15) is 0 Å². The van der Waals surface area contributed by atoms with Crippen molar-refractivity contribution in [2.45, 2.75) is 27.2 Å². The summed E-state index contributed by atoms with van der Waals surface area (Å²) in [5.41, 5.74) is 3.55. The fourth-order valence-electron chi connectivity index (χ4n) is 3.37. The van der Waals surface area contributed by atoms with Crippen molar-refractivity contribution in [3.63, 3.8) is 0 Å². The quantitative estimate of drug-likeness (QED) is 0.311. The molecule has 0 bridgehead atoms. The Kier molecular flexibility index (Phi) is 5.50. The minimum Gasteiger partial charge on any atom is -0.485 e. The van der Waals surface area contributed by atoms with Crippen LogP contribution in [0, 0.1) is 13.8 Å². The third kappa shape index (κ3) is 3.91. The normalized spacial score (nSPS) is 11.0. The van der Waals surface area contributed by atoms with Crippen LogP contribution in [0.5, 0.6) is 5.75 Å². The van der Waals surface area contributed by atoms with Gasteiger partial charge in [0.2, 0.25) is 5.78 Å². The second-order valence-electron chi connectivity index (χ2n) is 7.07. The highest BCUT2D eigenvalue weighted by Crippen LogP contribution is 2.30. The molecule has 0 aliphatic carbocycles. The van der Waals surface area contributed by atoms with Crippen LogP contribution in [-0.2, 0) is 6.42 Å². The molecule has 4 rings (SSSR count). The number of benzene rings is 2. The Morgan fingerprint density at radius 2 is 1.90 bits per heavy atom. The topological polar surface area (TPSA) is 69.4 Å². The van der Waals surface area contributed by atoms with Crippen molar-refractivity contribution in [1.29, 1.82) is 0 Å². The molecule has 0 radical (unpaired) electrons. The number of carbonyl (C=O) groups excluding carboxylic acids is 1. The number of ketones is 1. The van der Waals surface area contributed by atoms with E-state index >= 15 is 0 Å². The highest BCUT2D eigenvalue weighted by molar-refractivity contribution is 7.17. The molecular formula is C24H21NO4S. The van der Waals surface area contributed by atoms with Crippen molar-refractivity contribution < 1.29 is 13.9 Å². The summed E-state index contributed by atoms with van der Waals surface area (Å²) in [6.45, 7) is 5.61. The molecule has 0 fully saturated rings. The molecule has 152 valence electrons. The largest absolute Gasteiger partial charge is 0.485 e. The molecule has 6 heteroatoms. The lowest BCUT2D eigenvalue weighted by Gasteiger charge is -2.12. The first-order valence-electron chi connectivity index (χ1n) is 9.72. The lowest BCUT2D eigenvalue weighted by atomic mass is 10.1. The fourth-order valence-corrected chi connectivity index (χ4v) is 4.36. The number of thiazole rings is 1. The second kappa shape index (κ2) is 8.24. The summed E-state index contributed by atoms with van der Waals surface area (Å²) in [5.74, 6) is 0.520. The van der Waals surface area contributed by atoms with Crippen molar-refractivity contribution in [3.8, 4) is 16.3 Å². The molecule has 0 saturated heterocycles. The van der Waals surface area contributed by atoms with E-state index in [1.807, 2.05) is 63.2 Å². The number of hydrogen-bond acceptors (Lipinski definition) is 6. The van der Waals surface area contributed by atoms with E-state index in [0.717, 1.165) is 27.1 Å². The van der Waals surface area contributed by atoms with Crippen LogP contribution >= 0.6 is 11.3 Å². The summed E-state index contributed by atoms with van der Waals surface area (Å²) in [6, 6.07) is 14.9. The summed E-state index contributed by atoms with van der Waals surface area (Å²) in [7, 11) is 0. The number of carbonyl (C=O) groups is 1. The number of nitrogens with zero attached hydrogens (tertiary/aromatic N) is 1. The van der Waals surface area contributed by atoms with Crippen LogP contribution in [0.4, 0.5) is 0 Å². The molecule has 0 amide bonds. The van der Waals surface area contributed by atoms with Gasteiger partial charge in [-0.05, 0) is 43.5 Å². The van der Waals surface area contributed by atoms with E-state index < -0.39 is 0 Å². The number of aryl methyl sites for hydroxylation is 3. The molecule has 30 heavy (non-hydrogen) atoms. The Labute approximate surface area is 178 Å². The molecule has 2 aromatic carbocycles. The van der Waals surface area contributed by atoms with Gasteiger partial charge in [0.05, 0.1) is 10.6 Å². The van der Waals surface area contributed by atoms with Gasteiger partial charge < -0.3 is 9.15 Å². The van der Waals surface area contributed by atoms with Crippen LogP contribution in [0.2, 0.25) is 0 Å². The first kappa shape index (κ1) is 20.0. The third-order valence-corrected chi connectivity index (χ3v) is 6.19. The Bertz CT molecular complexity index is 1290. The Morgan fingerprint density at radius 3 is 2.63 bits per heavy atom. The number of aromatic nitrogens is 1. The molecule has 0 saturated carbocycles. The summed E-state index contributed by atoms with van der Waals surface area (Å²) < 4.78 is 11.2. The van der Waals surface area contributed by atoms with Crippen LogP contribution in [0.15, 0.2) is 57.7 Å². The van der Waals surface area contributed by atoms with E-state index in [1.165, 1.54) is 17.4 Å². The van der Waals surface area contributed by atoms with Gasteiger partial charge in [0.25, 0.3) is 0 Å². The molecule has 0 N–H and O–H groups in total. The number of ether oxygens (including phenoxy) is 1. The zero-order valence-electron chi connectivity index (χ0n) is 17.0. The molecule has 2 aromatic heterocycles. The lowest BCUT2D eigenvalue weighted by Crippen LogP contribution is -2.12. The van der Waals surface area contributed by atoms with Gasteiger partial charge in [-0.1, -0.05) is 37.3 Å². The summed E-state index contributed by atoms with van der Waals surface area (Å²) in [4.78, 5) is 29.7. The Hall–Kier alpha value is -3.25. The van der Waals surface area contributed by atoms with Gasteiger partial charge in [-0.15, -0.1) is 11.3 Å².